The lowest BCUT2D eigenvalue weighted by atomic mass is 10.0. The maximum Gasteiger partial charge on any atom is 0.269 e. The number of rotatable bonds is 7. The van der Waals surface area contributed by atoms with E-state index in [1.165, 1.54) is 0 Å². The summed E-state index contributed by atoms with van der Waals surface area (Å²) in [7, 11) is 7.23. The third-order valence-corrected chi connectivity index (χ3v) is 4.71. The topological polar surface area (TPSA) is 63.7 Å². The molecule has 1 unspecified atom stereocenters. The summed E-state index contributed by atoms with van der Waals surface area (Å²) in [6, 6.07) is 17.0. The van der Waals surface area contributed by atoms with Crippen molar-refractivity contribution in [2.75, 3.05) is 34.9 Å². The first-order valence-electron chi connectivity index (χ1n) is 9.06. The number of para-hydroxylation sites is 1. The summed E-state index contributed by atoms with van der Waals surface area (Å²) in [6.07, 6.45) is 0. The monoisotopic (exact) mass is 379 g/mol. The zero-order valence-electron chi connectivity index (χ0n) is 16.6. The molecule has 0 saturated heterocycles. The molecule has 0 aliphatic rings. The number of carbonyl (C=O) groups excluding carboxylic acids is 1. The molecule has 1 heterocycles. The van der Waals surface area contributed by atoms with Crippen LogP contribution in [-0.4, -0.2) is 50.7 Å². The van der Waals surface area contributed by atoms with Crippen LogP contribution in [0.4, 0.5) is 0 Å². The van der Waals surface area contributed by atoms with Crippen LogP contribution in [0.15, 0.2) is 54.6 Å². The SMILES string of the molecule is COc1ccc2nc(C(=O)NCC(c3ccccc3OC)N(C)C)ccc2c1. The fourth-order valence-electron chi connectivity index (χ4n) is 3.15. The molecule has 1 amide bonds. The van der Waals surface area contributed by atoms with Crippen molar-refractivity contribution < 1.29 is 14.3 Å². The Morgan fingerprint density at radius 3 is 2.57 bits per heavy atom. The van der Waals surface area contributed by atoms with Crippen molar-refractivity contribution in [2.24, 2.45) is 0 Å². The Bertz CT molecular complexity index is 972. The van der Waals surface area contributed by atoms with Gasteiger partial charge in [0, 0.05) is 17.5 Å². The molecule has 0 fully saturated rings. The number of aromatic nitrogens is 1. The summed E-state index contributed by atoms with van der Waals surface area (Å²) in [5.41, 5.74) is 2.16. The van der Waals surface area contributed by atoms with Gasteiger partial charge in [-0.2, -0.15) is 0 Å². The molecule has 2 aromatic carbocycles. The Kier molecular flexibility index (Phi) is 6.11. The molecule has 1 N–H and O–H groups in total. The van der Waals surface area contributed by atoms with Gasteiger partial charge >= 0.3 is 0 Å². The largest absolute Gasteiger partial charge is 0.497 e. The lowest BCUT2D eigenvalue weighted by molar-refractivity contribution is 0.0937. The average Bonchev–Trinajstić information content (AvgIpc) is 2.73. The normalized spacial score (nSPS) is 12.0. The van der Waals surface area contributed by atoms with Gasteiger partial charge in [-0.05, 0) is 44.4 Å². The highest BCUT2D eigenvalue weighted by Crippen LogP contribution is 2.27. The Hall–Kier alpha value is -3.12. The minimum atomic E-state index is -0.209. The fraction of sp³-hybridized carbons (Fsp3) is 0.273. The molecule has 0 spiro atoms. The molecule has 0 bridgehead atoms. The van der Waals surface area contributed by atoms with Gasteiger partial charge in [0.2, 0.25) is 0 Å². The zero-order valence-corrected chi connectivity index (χ0v) is 16.6. The number of likely N-dealkylation sites (N-methyl/N-ethyl adjacent to an activating group) is 1. The van der Waals surface area contributed by atoms with Gasteiger partial charge in [-0.25, -0.2) is 4.98 Å². The van der Waals surface area contributed by atoms with Crippen molar-refractivity contribution in [2.45, 2.75) is 6.04 Å². The molecule has 0 aliphatic heterocycles. The van der Waals surface area contributed by atoms with Crippen LogP contribution in [0.25, 0.3) is 10.9 Å². The standard InChI is InChI=1S/C22H25N3O3/c1-25(2)20(17-7-5-6-8-21(17)28-4)14-23-22(26)19-11-9-15-13-16(27-3)10-12-18(15)24-19/h5-13,20H,14H2,1-4H3,(H,23,26). The van der Waals surface area contributed by atoms with Gasteiger partial charge in [0.05, 0.1) is 25.8 Å². The second-order valence-electron chi connectivity index (χ2n) is 6.69. The first kappa shape index (κ1) is 19.6. The molecule has 6 heteroatoms. The van der Waals surface area contributed by atoms with Gasteiger partial charge in [0.25, 0.3) is 5.91 Å². The Morgan fingerprint density at radius 1 is 1.07 bits per heavy atom. The fourth-order valence-corrected chi connectivity index (χ4v) is 3.15. The first-order chi connectivity index (χ1) is 13.5. The lowest BCUT2D eigenvalue weighted by Gasteiger charge is -2.26. The summed E-state index contributed by atoms with van der Waals surface area (Å²) in [4.78, 5) is 19.2. The van der Waals surface area contributed by atoms with Crippen LogP contribution in [0.2, 0.25) is 0 Å². The van der Waals surface area contributed by atoms with Gasteiger partial charge in [0.1, 0.15) is 17.2 Å². The molecule has 0 radical (unpaired) electrons. The van der Waals surface area contributed by atoms with Gasteiger partial charge in [0.15, 0.2) is 0 Å². The van der Waals surface area contributed by atoms with Crippen molar-refractivity contribution in [3.05, 3.63) is 65.9 Å². The Labute approximate surface area is 165 Å². The summed E-state index contributed by atoms with van der Waals surface area (Å²) in [6.45, 7) is 0.439. The van der Waals surface area contributed by atoms with Crippen LogP contribution >= 0.6 is 0 Å². The number of nitrogens with one attached hydrogen (secondary N) is 1. The molecule has 3 aromatic rings. The van der Waals surface area contributed by atoms with E-state index in [9.17, 15) is 4.79 Å². The number of methoxy groups -OCH3 is 2. The van der Waals surface area contributed by atoms with E-state index in [-0.39, 0.29) is 11.9 Å². The van der Waals surface area contributed by atoms with Crippen LogP contribution in [0.3, 0.4) is 0 Å². The van der Waals surface area contributed by atoms with Gasteiger partial charge in [-0.15, -0.1) is 0 Å². The smallest absolute Gasteiger partial charge is 0.269 e. The van der Waals surface area contributed by atoms with E-state index < -0.39 is 0 Å². The number of fused-ring (bicyclic) bond motifs is 1. The van der Waals surface area contributed by atoms with Crippen molar-refractivity contribution in [1.29, 1.82) is 0 Å². The average molecular weight is 379 g/mol. The molecule has 28 heavy (non-hydrogen) atoms. The number of hydrogen-bond donors (Lipinski definition) is 1. The van der Waals surface area contributed by atoms with Crippen LogP contribution < -0.4 is 14.8 Å². The molecular formula is C22H25N3O3. The number of amides is 1. The third-order valence-electron chi connectivity index (χ3n) is 4.71. The maximum absolute atomic E-state index is 12.7. The quantitative estimate of drug-likeness (QED) is 0.683. The lowest BCUT2D eigenvalue weighted by Crippen LogP contribution is -2.35. The van der Waals surface area contributed by atoms with Crippen molar-refractivity contribution in [1.82, 2.24) is 15.2 Å². The van der Waals surface area contributed by atoms with Crippen LogP contribution in [0.5, 0.6) is 11.5 Å². The van der Waals surface area contributed by atoms with Gasteiger partial charge in [-0.3, -0.25) is 4.79 Å². The Morgan fingerprint density at radius 2 is 1.86 bits per heavy atom. The minimum absolute atomic E-state index is 0.0233. The van der Waals surface area contributed by atoms with E-state index in [0.29, 0.717) is 12.2 Å². The number of ether oxygens (including phenoxy) is 2. The van der Waals surface area contributed by atoms with Crippen molar-refractivity contribution >= 4 is 16.8 Å². The molecule has 6 nitrogen and oxygen atoms in total. The number of nitrogens with zero attached hydrogens (tertiary/aromatic N) is 2. The van der Waals surface area contributed by atoms with Crippen molar-refractivity contribution in [3.63, 3.8) is 0 Å². The van der Waals surface area contributed by atoms with E-state index in [1.807, 2.05) is 62.6 Å². The van der Waals surface area contributed by atoms with E-state index in [4.69, 9.17) is 9.47 Å². The number of carbonyl (C=O) groups is 1. The van der Waals surface area contributed by atoms with Crippen LogP contribution in [0.1, 0.15) is 22.1 Å². The van der Waals surface area contributed by atoms with Crippen molar-refractivity contribution in [3.8, 4) is 11.5 Å². The summed E-state index contributed by atoms with van der Waals surface area (Å²) < 4.78 is 10.7. The van der Waals surface area contributed by atoms with E-state index in [1.54, 1.807) is 20.3 Å². The highest BCUT2D eigenvalue weighted by Gasteiger charge is 2.19. The minimum Gasteiger partial charge on any atom is -0.497 e. The molecular weight excluding hydrogens is 354 g/mol. The molecule has 3 rings (SSSR count). The van der Waals surface area contributed by atoms with E-state index >= 15 is 0 Å². The second-order valence-corrected chi connectivity index (χ2v) is 6.69. The molecule has 1 aromatic heterocycles. The second kappa shape index (κ2) is 8.71. The molecule has 0 aliphatic carbocycles. The number of benzene rings is 2. The van der Waals surface area contributed by atoms with Gasteiger partial charge < -0.3 is 19.7 Å². The van der Waals surface area contributed by atoms with Crippen LogP contribution in [-0.2, 0) is 0 Å². The zero-order chi connectivity index (χ0) is 20.1. The molecule has 0 saturated carbocycles. The predicted octanol–water partition coefficient (Wildman–Crippen LogP) is 3.28. The highest BCUT2D eigenvalue weighted by molar-refractivity contribution is 5.95. The Balaban J connectivity index is 1.77. The van der Waals surface area contributed by atoms with E-state index in [0.717, 1.165) is 28.0 Å². The van der Waals surface area contributed by atoms with Crippen LogP contribution in [0, 0.1) is 0 Å². The summed E-state index contributed by atoms with van der Waals surface area (Å²) in [5.74, 6) is 1.35. The first-order valence-corrected chi connectivity index (χ1v) is 9.06. The predicted molar refractivity (Wildman–Crippen MR) is 110 cm³/mol. The third kappa shape index (κ3) is 4.23. The van der Waals surface area contributed by atoms with E-state index in [2.05, 4.69) is 15.2 Å². The number of pyridine rings is 1. The van der Waals surface area contributed by atoms with Gasteiger partial charge in [-0.1, -0.05) is 24.3 Å². The molecule has 146 valence electrons. The molecule has 1 atom stereocenters. The maximum atomic E-state index is 12.7. The number of hydrogen-bond acceptors (Lipinski definition) is 5. The summed E-state index contributed by atoms with van der Waals surface area (Å²) in [5, 5.41) is 3.92. The summed E-state index contributed by atoms with van der Waals surface area (Å²) >= 11 is 0. The highest BCUT2D eigenvalue weighted by atomic mass is 16.5.